The lowest BCUT2D eigenvalue weighted by Gasteiger charge is -2.25. The van der Waals surface area contributed by atoms with Crippen LogP contribution in [0.15, 0.2) is 6.33 Å². The van der Waals surface area contributed by atoms with Crippen LogP contribution in [0.1, 0.15) is 0 Å². The van der Waals surface area contributed by atoms with E-state index in [9.17, 15) is 0 Å². The van der Waals surface area contributed by atoms with Gasteiger partial charge >= 0.3 is 0 Å². The molecular weight excluding hydrogens is 154 g/mol. The summed E-state index contributed by atoms with van der Waals surface area (Å²) in [6.45, 7) is 4.06. The van der Waals surface area contributed by atoms with Gasteiger partial charge in [-0.25, -0.2) is 4.98 Å². The Morgan fingerprint density at radius 2 is 2.17 bits per heavy atom. The number of rotatable bonds is 1. The van der Waals surface area contributed by atoms with E-state index in [0.29, 0.717) is 0 Å². The highest BCUT2D eigenvalue weighted by Gasteiger charge is 2.12. The van der Waals surface area contributed by atoms with Crippen LogP contribution in [0.2, 0.25) is 0 Å². The molecule has 0 radical (unpaired) electrons. The van der Waals surface area contributed by atoms with Crippen LogP contribution in [0.4, 0.5) is 5.95 Å². The number of nitrogens with one attached hydrogen (secondary N) is 1. The maximum absolute atomic E-state index is 4.24. The van der Waals surface area contributed by atoms with Gasteiger partial charge in [-0.1, -0.05) is 0 Å². The average Bonchev–Trinajstić information content (AvgIpc) is 2.54. The van der Waals surface area contributed by atoms with Crippen molar-refractivity contribution in [1.82, 2.24) is 20.1 Å². The number of piperazine rings is 1. The molecule has 0 amide bonds. The molecule has 12 heavy (non-hydrogen) atoms. The summed E-state index contributed by atoms with van der Waals surface area (Å²) in [6, 6.07) is 0. The first-order valence-corrected chi connectivity index (χ1v) is 4.17. The molecule has 1 N–H and O–H groups in total. The zero-order valence-electron chi connectivity index (χ0n) is 7.19. The minimum absolute atomic E-state index is 0.846. The molecule has 0 spiro atoms. The van der Waals surface area contributed by atoms with E-state index in [-0.39, 0.29) is 0 Å². The summed E-state index contributed by atoms with van der Waals surface area (Å²) >= 11 is 0. The summed E-state index contributed by atoms with van der Waals surface area (Å²) in [7, 11) is 1.89. The first kappa shape index (κ1) is 7.54. The third-order valence-electron chi connectivity index (χ3n) is 1.99. The van der Waals surface area contributed by atoms with Gasteiger partial charge < -0.3 is 10.2 Å². The lowest BCUT2D eigenvalue weighted by molar-refractivity contribution is 0.578. The van der Waals surface area contributed by atoms with E-state index in [1.807, 2.05) is 7.05 Å². The number of anilines is 1. The predicted octanol–water partition coefficient (Wildman–Crippen LogP) is -0.775. The number of aryl methyl sites for hydroxylation is 1. The van der Waals surface area contributed by atoms with Gasteiger partial charge in [0.1, 0.15) is 6.33 Å². The predicted molar refractivity (Wildman–Crippen MR) is 46.1 cm³/mol. The third kappa shape index (κ3) is 1.40. The summed E-state index contributed by atoms with van der Waals surface area (Å²) in [5.41, 5.74) is 0. The van der Waals surface area contributed by atoms with E-state index in [1.165, 1.54) is 0 Å². The molecule has 66 valence electrons. The molecule has 1 fully saturated rings. The molecule has 1 aliphatic rings. The molecule has 0 unspecified atom stereocenters. The maximum atomic E-state index is 4.24. The molecule has 0 atom stereocenters. The molecule has 2 rings (SSSR count). The van der Waals surface area contributed by atoms with Crippen molar-refractivity contribution in [1.29, 1.82) is 0 Å². The van der Waals surface area contributed by atoms with Crippen LogP contribution in [0.5, 0.6) is 0 Å². The summed E-state index contributed by atoms with van der Waals surface area (Å²) in [4.78, 5) is 6.38. The second kappa shape index (κ2) is 3.10. The number of hydrogen-bond donors (Lipinski definition) is 1. The Hall–Kier alpha value is -1.10. The summed E-state index contributed by atoms with van der Waals surface area (Å²) in [5, 5.41) is 7.53. The Balaban J connectivity index is 2.08. The van der Waals surface area contributed by atoms with E-state index in [4.69, 9.17) is 0 Å². The monoisotopic (exact) mass is 167 g/mol. The minimum atomic E-state index is 0.846. The fraction of sp³-hybridized carbons (Fsp3) is 0.714. The van der Waals surface area contributed by atoms with Gasteiger partial charge in [0.2, 0.25) is 5.95 Å². The third-order valence-corrected chi connectivity index (χ3v) is 1.99. The summed E-state index contributed by atoms with van der Waals surface area (Å²) in [5.74, 6) is 0.846. The van der Waals surface area contributed by atoms with Crippen molar-refractivity contribution in [2.24, 2.45) is 7.05 Å². The average molecular weight is 167 g/mol. The molecular formula is C7H13N5. The van der Waals surface area contributed by atoms with Crippen molar-refractivity contribution in [3.05, 3.63) is 6.33 Å². The van der Waals surface area contributed by atoms with Crippen LogP contribution < -0.4 is 10.2 Å². The Bertz CT molecular complexity index is 250. The van der Waals surface area contributed by atoms with Gasteiger partial charge in [-0.3, -0.25) is 4.68 Å². The highest BCUT2D eigenvalue weighted by atomic mass is 15.4. The second-order valence-corrected chi connectivity index (χ2v) is 2.96. The van der Waals surface area contributed by atoms with E-state index >= 15 is 0 Å². The van der Waals surface area contributed by atoms with Crippen molar-refractivity contribution in [2.75, 3.05) is 31.1 Å². The SMILES string of the molecule is Cn1cnc(N2CCNCC2)n1. The highest BCUT2D eigenvalue weighted by Crippen LogP contribution is 2.05. The van der Waals surface area contributed by atoms with Gasteiger partial charge in [-0.15, -0.1) is 5.10 Å². The molecule has 0 aromatic carbocycles. The molecule has 5 nitrogen and oxygen atoms in total. The largest absolute Gasteiger partial charge is 0.337 e. The van der Waals surface area contributed by atoms with Gasteiger partial charge in [0, 0.05) is 33.2 Å². The minimum Gasteiger partial charge on any atom is -0.337 e. The molecule has 1 aromatic heterocycles. The standard InChI is InChI=1S/C7H13N5/c1-11-6-9-7(10-11)12-4-2-8-3-5-12/h6,8H,2-5H2,1H3. The van der Waals surface area contributed by atoms with E-state index in [0.717, 1.165) is 32.1 Å². The topological polar surface area (TPSA) is 46.0 Å². The summed E-state index contributed by atoms with van der Waals surface area (Å²) in [6.07, 6.45) is 1.73. The molecule has 2 heterocycles. The molecule has 5 heteroatoms. The quantitative estimate of drug-likeness (QED) is 0.596. The fourth-order valence-electron chi connectivity index (χ4n) is 1.34. The zero-order chi connectivity index (χ0) is 8.39. The Labute approximate surface area is 71.4 Å². The smallest absolute Gasteiger partial charge is 0.244 e. The van der Waals surface area contributed by atoms with E-state index in [2.05, 4.69) is 20.3 Å². The number of aromatic nitrogens is 3. The molecule has 1 saturated heterocycles. The lowest BCUT2D eigenvalue weighted by Crippen LogP contribution is -2.44. The molecule has 0 saturated carbocycles. The van der Waals surface area contributed by atoms with Gasteiger partial charge in [-0.2, -0.15) is 0 Å². The van der Waals surface area contributed by atoms with Crippen molar-refractivity contribution < 1.29 is 0 Å². The molecule has 1 aromatic rings. The Morgan fingerprint density at radius 1 is 1.42 bits per heavy atom. The molecule has 0 aliphatic carbocycles. The fourth-order valence-corrected chi connectivity index (χ4v) is 1.34. The number of nitrogens with zero attached hydrogens (tertiary/aromatic N) is 4. The van der Waals surface area contributed by atoms with Crippen LogP contribution in [0.25, 0.3) is 0 Å². The van der Waals surface area contributed by atoms with Gasteiger partial charge in [0.05, 0.1) is 0 Å². The summed E-state index contributed by atoms with van der Waals surface area (Å²) < 4.78 is 1.73. The van der Waals surface area contributed by atoms with Crippen molar-refractivity contribution in [3.8, 4) is 0 Å². The van der Waals surface area contributed by atoms with Crippen LogP contribution in [-0.2, 0) is 7.05 Å². The van der Waals surface area contributed by atoms with E-state index in [1.54, 1.807) is 11.0 Å². The van der Waals surface area contributed by atoms with Crippen molar-refractivity contribution in [3.63, 3.8) is 0 Å². The lowest BCUT2D eigenvalue weighted by atomic mass is 10.4. The highest BCUT2D eigenvalue weighted by molar-refractivity contribution is 5.28. The van der Waals surface area contributed by atoms with Crippen molar-refractivity contribution >= 4 is 5.95 Å². The van der Waals surface area contributed by atoms with Crippen LogP contribution in [0, 0.1) is 0 Å². The van der Waals surface area contributed by atoms with Crippen molar-refractivity contribution in [2.45, 2.75) is 0 Å². The molecule has 0 bridgehead atoms. The maximum Gasteiger partial charge on any atom is 0.244 e. The Kier molecular flexibility index (Phi) is 1.95. The normalized spacial score (nSPS) is 18.2. The zero-order valence-corrected chi connectivity index (χ0v) is 7.19. The van der Waals surface area contributed by atoms with Crippen LogP contribution in [-0.4, -0.2) is 40.9 Å². The van der Waals surface area contributed by atoms with Crippen LogP contribution >= 0.6 is 0 Å². The Morgan fingerprint density at radius 3 is 2.75 bits per heavy atom. The number of hydrogen-bond acceptors (Lipinski definition) is 4. The first-order chi connectivity index (χ1) is 5.86. The van der Waals surface area contributed by atoms with E-state index < -0.39 is 0 Å². The van der Waals surface area contributed by atoms with Gasteiger partial charge in [0.25, 0.3) is 0 Å². The van der Waals surface area contributed by atoms with Gasteiger partial charge in [0.15, 0.2) is 0 Å². The first-order valence-electron chi connectivity index (χ1n) is 4.17. The molecule has 1 aliphatic heterocycles. The van der Waals surface area contributed by atoms with Crippen LogP contribution in [0.3, 0.4) is 0 Å². The second-order valence-electron chi connectivity index (χ2n) is 2.96. The van der Waals surface area contributed by atoms with Gasteiger partial charge in [-0.05, 0) is 0 Å².